The molecule has 0 bridgehead atoms. The van der Waals surface area contributed by atoms with Gasteiger partial charge in [0.05, 0.1) is 11.6 Å². The highest BCUT2D eigenvalue weighted by Crippen LogP contribution is 2.11. The quantitative estimate of drug-likeness (QED) is 0.387. The summed E-state index contributed by atoms with van der Waals surface area (Å²) < 4.78 is 5.68. The molecule has 0 saturated heterocycles. The van der Waals surface area contributed by atoms with E-state index in [0.29, 0.717) is 6.61 Å². The molecular formula is C19H28N4OS. The minimum absolute atomic E-state index is 0.609. The molecule has 136 valence electrons. The first kappa shape index (κ1) is 19.2. The average molecular weight is 361 g/mol. The Labute approximate surface area is 154 Å². The molecule has 0 aliphatic carbocycles. The number of thiazole rings is 1. The Hall–Kier alpha value is -2.08. The number of nitrogens with one attached hydrogen (secondary N) is 2. The number of aliphatic imine (C=N–C) groups is 1. The minimum atomic E-state index is 0.609. The predicted molar refractivity (Wildman–Crippen MR) is 106 cm³/mol. The fourth-order valence-corrected chi connectivity index (χ4v) is 3.11. The van der Waals surface area contributed by atoms with Crippen molar-refractivity contribution in [1.29, 1.82) is 0 Å². The van der Waals surface area contributed by atoms with Gasteiger partial charge < -0.3 is 15.4 Å². The summed E-state index contributed by atoms with van der Waals surface area (Å²) in [5.41, 5.74) is 1.12. The third-order valence-corrected chi connectivity index (χ3v) is 4.51. The Morgan fingerprint density at radius 1 is 1.20 bits per heavy atom. The molecule has 2 N–H and O–H groups in total. The van der Waals surface area contributed by atoms with Crippen LogP contribution in [0.3, 0.4) is 0 Å². The van der Waals surface area contributed by atoms with Crippen LogP contribution in [-0.4, -0.2) is 37.2 Å². The van der Waals surface area contributed by atoms with E-state index in [1.165, 1.54) is 5.01 Å². The molecule has 1 aromatic carbocycles. The Kier molecular flexibility index (Phi) is 8.83. The van der Waals surface area contributed by atoms with Crippen molar-refractivity contribution < 1.29 is 4.74 Å². The number of guanidine groups is 1. The summed E-state index contributed by atoms with van der Waals surface area (Å²) in [5, 5.41) is 9.91. The van der Waals surface area contributed by atoms with Gasteiger partial charge in [0, 0.05) is 24.2 Å². The van der Waals surface area contributed by atoms with Crippen molar-refractivity contribution in [3.05, 3.63) is 46.4 Å². The largest absolute Gasteiger partial charge is 0.492 e. The number of ether oxygens (including phenoxy) is 1. The van der Waals surface area contributed by atoms with E-state index in [1.54, 1.807) is 11.3 Å². The van der Waals surface area contributed by atoms with Gasteiger partial charge in [-0.25, -0.2) is 4.98 Å². The van der Waals surface area contributed by atoms with E-state index in [9.17, 15) is 0 Å². The lowest BCUT2D eigenvalue weighted by Gasteiger charge is -2.12. The first-order valence-corrected chi connectivity index (χ1v) is 9.77. The summed E-state index contributed by atoms with van der Waals surface area (Å²) in [5.74, 6) is 1.74. The summed E-state index contributed by atoms with van der Waals surface area (Å²) in [6, 6.07) is 9.85. The standard InChI is InChI=1S/C19H28N4OS/c1-3-20-19(22-13-14-24-17-9-5-4-6-10-17)21-12-8-7-11-18-23-16(2)15-25-18/h4-6,9-10,15H,3,7-8,11-14H2,1-2H3,(H2,20,21,22). The molecule has 0 unspecified atom stereocenters. The van der Waals surface area contributed by atoms with Crippen molar-refractivity contribution >= 4 is 17.3 Å². The lowest BCUT2D eigenvalue weighted by molar-refractivity contribution is 0.322. The summed E-state index contributed by atoms with van der Waals surface area (Å²) >= 11 is 1.75. The highest BCUT2D eigenvalue weighted by Gasteiger charge is 2.00. The van der Waals surface area contributed by atoms with Gasteiger partial charge >= 0.3 is 0 Å². The monoisotopic (exact) mass is 360 g/mol. The number of hydrogen-bond acceptors (Lipinski definition) is 4. The number of rotatable bonds is 10. The van der Waals surface area contributed by atoms with E-state index >= 15 is 0 Å². The van der Waals surface area contributed by atoms with Crippen LogP contribution in [0, 0.1) is 6.92 Å². The van der Waals surface area contributed by atoms with Crippen LogP contribution >= 0.6 is 11.3 Å². The van der Waals surface area contributed by atoms with Crippen molar-refractivity contribution in [3.63, 3.8) is 0 Å². The Bertz CT molecular complexity index is 627. The predicted octanol–water partition coefficient (Wildman–Crippen LogP) is 3.41. The van der Waals surface area contributed by atoms with Crippen LogP contribution in [0.25, 0.3) is 0 Å². The molecule has 1 heterocycles. The fraction of sp³-hybridized carbons (Fsp3) is 0.474. The molecule has 0 saturated carbocycles. The van der Waals surface area contributed by atoms with Crippen molar-refractivity contribution in [2.24, 2.45) is 4.99 Å². The van der Waals surface area contributed by atoms with Gasteiger partial charge in [0.1, 0.15) is 12.4 Å². The van der Waals surface area contributed by atoms with Gasteiger partial charge in [0.15, 0.2) is 5.96 Å². The molecule has 1 aromatic heterocycles. The smallest absolute Gasteiger partial charge is 0.191 e. The second-order valence-electron chi connectivity index (χ2n) is 5.69. The first-order chi connectivity index (χ1) is 12.3. The van der Waals surface area contributed by atoms with Crippen molar-refractivity contribution in [2.75, 3.05) is 26.2 Å². The molecule has 5 nitrogen and oxygen atoms in total. The van der Waals surface area contributed by atoms with Gasteiger partial charge in [0.25, 0.3) is 0 Å². The number of para-hydroxylation sites is 1. The molecule has 0 amide bonds. The molecule has 6 heteroatoms. The van der Waals surface area contributed by atoms with Crippen molar-refractivity contribution in [3.8, 4) is 5.75 Å². The Morgan fingerprint density at radius 2 is 2.04 bits per heavy atom. The number of aryl methyl sites for hydroxylation is 2. The van der Waals surface area contributed by atoms with E-state index in [-0.39, 0.29) is 0 Å². The molecule has 0 radical (unpaired) electrons. The normalized spacial score (nSPS) is 11.4. The van der Waals surface area contributed by atoms with E-state index in [0.717, 1.165) is 56.3 Å². The highest BCUT2D eigenvalue weighted by atomic mass is 32.1. The fourth-order valence-electron chi connectivity index (χ4n) is 2.29. The maximum atomic E-state index is 5.68. The Balaban J connectivity index is 1.61. The zero-order valence-electron chi connectivity index (χ0n) is 15.1. The van der Waals surface area contributed by atoms with E-state index in [2.05, 4.69) is 32.9 Å². The second kappa shape index (κ2) is 11.5. The molecule has 0 atom stereocenters. The molecule has 0 aliphatic heterocycles. The average Bonchev–Trinajstić information content (AvgIpc) is 3.04. The van der Waals surface area contributed by atoms with Crippen LogP contribution in [0.5, 0.6) is 5.75 Å². The van der Waals surface area contributed by atoms with Crippen molar-refractivity contribution in [2.45, 2.75) is 33.1 Å². The lowest BCUT2D eigenvalue weighted by atomic mass is 10.2. The maximum Gasteiger partial charge on any atom is 0.191 e. The molecular weight excluding hydrogens is 332 g/mol. The number of benzene rings is 1. The van der Waals surface area contributed by atoms with Crippen LogP contribution in [0.4, 0.5) is 0 Å². The van der Waals surface area contributed by atoms with Gasteiger partial charge in [-0.1, -0.05) is 18.2 Å². The highest BCUT2D eigenvalue weighted by molar-refractivity contribution is 7.09. The third kappa shape index (κ3) is 8.03. The van der Waals surface area contributed by atoms with Crippen LogP contribution in [0.1, 0.15) is 30.5 Å². The number of nitrogens with zero attached hydrogens (tertiary/aromatic N) is 2. The summed E-state index contributed by atoms with van der Waals surface area (Å²) in [6.07, 6.45) is 3.23. The molecule has 0 fully saturated rings. The molecule has 0 aliphatic rings. The maximum absolute atomic E-state index is 5.68. The van der Waals surface area contributed by atoms with Gasteiger partial charge in [0.2, 0.25) is 0 Å². The topological polar surface area (TPSA) is 58.5 Å². The molecule has 2 rings (SSSR count). The second-order valence-corrected chi connectivity index (χ2v) is 6.63. The van der Waals surface area contributed by atoms with Crippen LogP contribution in [-0.2, 0) is 6.42 Å². The van der Waals surface area contributed by atoms with Gasteiger partial charge in [-0.15, -0.1) is 11.3 Å². The van der Waals surface area contributed by atoms with Gasteiger partial charge in [-0.05, 0) is 45.2 Å². The summed E-state index contributed by atoms with van der Waals surface area (Å²) in [7, 11) is 0. The third-order valence-electron chi connectivity index (χ3n) is 3.49. The zero-order chi connectivity index (χ0) is 17.7. The lowest BCUT2D eigenvalue weighted by Crippen LogP contribution is -2.39. The number of aromatic nitrogens is 1. The van der Waals surface area contributed by atoms with Gasteiger partial charge in [-0.2, -0.15) is 0 Å². The Morgan fingerprint density at radius 3 is 2.76 bits per heavy atom. The summed E-state index contributed by atoms with van der Waals surface area (Å²) in [4.78, 5) is 9.11. The number of hydrogen-bond donors (Lipinski definition) is 2. The minimum Gasteiger partial charge on any atom is -0.492 e. The van der Waals surface area contributed by atoms with E-state index < -0.39 is 0 Å². The SMILES string of the molecule is CCNC(=NCCCCc1nc(C)cs1)NCCOc1ccccc1. The van der Waals surface area contributed by atoms with Crippen LogP contribution < -0.4 is 15.4 Å². The number of unbranched alkanes of at least 4 members (excludes halogenated alkanes) is 1. The van der Waals surface area contributed by atoms with E-state index in [1.807, 2.05) is 37.3 Å². The molecule has 25 heavy (non-hydrogen) atoms. The van der Waals surface area contributed by atoms with Crippen LogP contribution in [0.15, 0.2) is 40.7 Å². The molecule has 2 aromatic rings. The molecule has 0 spiro atoms. The van der Waals surface area contributed by atoms with Crippen molar-refractivity contribution in [1.82, 2.24) is 15.6 Å². The van der Waals surface area contributed by atoms with Crippen LogP contribution in [0.2, 0.25) is 0 Å². The first-order valence-electron chi connectivity index (χ1n) is 8.89. The summed E-state index contributed by atoms with van der Waals surface area (Å²) in [6.45, 7) is 7.11. The zero-order valence-corrected chi connectivity index (χ0v) is 15.9. The van der Waals surface area contributed by atoms with Gasteiger partial charge in [-0.3, -0.25) is 4.99 Å². The van der Waals surface area contributed by atoms with E-state index in [4.69, 9.17) is 4.74 Å².